The van der Waals surface area contributed by atoms with Crippen molar-refractivity contribution in [3.63, 3.8) is 0 Å². The molecule has 4 heteroatoms. The number of nitrogens with one attached hydrogen (secondary N) is 1. The number of hydrogen-bond donors (Lipinski definition) is 1. The molecule has 0 aliphatic rings. The van der Waals surface area contributed by atoms with Gasteiger partial charge >= 0.3 is 5.97 Å². The Labute approximate surface area is 70.9 Å². The molecule has 0 bridgehead atoms. The monoisotopic (exact) mass is 169 g/mol. The molecule has 0 spiro atoms. The summed E-state index contributed by atoms with van der Waals surface area (Å²) in [5.74, 6) is -1.19. The second-order valence-corrected chi connectivity index (χ2v) is 2.01. The van der Waals surface area contributed by atoms with E-state index in [1.165, 1.54) is 0 Å². The fourth-order valence-electron chi connectivity index (χ4n) is 0.371. The lowest BCUT2D eigenvalue weighted by atomic mass is 10.2. The maximum Gasteiger partial charge on any atom is 0.355 e. The molecular formula is C8H11NO3. The van der Waals surface area contributed by atoms with Gasteiger partial charge in [0.2, 0.25) is 0 Å². The largest absolute Gasteiger partial charge is 0.355 e. The third kappa shape index (κ3) is 3.55. The molecule has 0 rings (SSSR count). The Morgan fingerprint density at radius 1 is 1.58 bits per heavy atom. The van der Waals surface area contributed by atoms with E-state index in [9.17, 15) is 9.59 Å². The fourth-order valence-corrected chi connectivity index (χ4v) is 0.371. The van der Waals surface area contributed by atoms with Gasteiger partial charge < -0.3 is 4.84 Å². The first-order valence-electron chi connectivity index (χ1n) is 3.43. The van der Waals surface area contributed by atoms with Crippen molar-refractivity contribution in [3.8, 4) is 0 Å². The van der Waals surface area contributed by atoms with E-state index < -0.39 is 11.9 Å². The zero-order valence-electron chi connectivity index (χ0n) is 6.92. The van der Waals surface area contributed by atoms with Crippen LogP contribution in [0.25, 0.3) is 0 Å². The van der Waals surface area contributed by atoms with E-state index in [0.717, 1.165) is 6.08 Å². The first-order chi connectivity index (χ1) is 5.61. The van der Waals surface area contributed by atoms with Crippen LogP contribution in [0.3, 0.4) is 0 Å². The van der Waals surface area contributed by atoms with E-state index in [-0.39, 0.29) is 0 Å². The lowest BCUT2D eigenvalue weighted by Crippen LogP contribution is -2.27. The van der Waals surface area contributed by atoms with Gasteiger partial charge in [-0.25, -0.2) is 4.79 Å². The van der Waals surface area contributed by atoms with Crippen molar-refractivity contribution in [2.75, 3.05) is 0 Å². The van der Waals surface area contributed by atoms with E-state index in [4.69, 9.17) is 0 Å². The smallest absolute Gasteiger partial charge is 0.336 e. The van der Waals surface area contributed by atoms with Gasteiger partial charge in [-0.05, 0) is 6.42 Å². The van der Waals surface area contributed by atoms with E-state index in [0.29, 0.717) is 12.0 Å². The molecule has 0 atom stereocenters. The second kappa shape index (κ2) is 5.12. The second-order valence-electron chi connectivity index (χ2n) is 2.01. The molecule has 0 radical (unpaired) electrons. The highest BCUT2D eigenvalue weighted by Gasteiger charge is 2.05. The van der Waals surface area contributed by atoms with Crippen molar-refractivity contribution >= 4 is 11.9 Å². The van der Waals surface area contributed by atoms with Crippen LogP contribution >= 0.6 is 0 Å². The lowest BCUT2D eigenvalue weighted by Gasteiger charge is -2.03. The van der Waals surface area contributed by atoms with Crippen LogP contribution in [-0.4, -0.2) is 11.9 Å². The number of hydrogen-bond acceptors (Lipinski definition) is 3. The Balaban J connectivity index is 3.79. The molecule has 0 saturated carbocycles. The van der Waals surface area contributed by atoms with E-state index in [1.54, 1.807) is 6.92 Å². The van der Waals surface area contributed by atoms with Gasteiger partial charge in [-0.15, -0.1) is 0 Å². The Bertz CT molecular complexity index is 220. The van der Waals surface area contributed by atoms with Crippen LogP contribution in [0.15, 0.2) is 24.8 Å². The summed E-state index contributed by atoms with van der Waals surface area (Å²) < 4.78 is 0. The number of amides is 1. The van der Waals surface area contributed by atoms with Crippen molar-refractivity contribution in [1.82, 2.24) is 5.48 Å². The molecule has 0 aromatic carbocycles. The summed E-state index contributed by atoms with van der Waals surface area (Å²) in [5.41, 5.74) is 2.28. The topological polar surface area (TPSA) is 55.4 Å². The predicted octanol–water partition coefficient (Wildman–Crippen LogP) is 0.713. The third-order valence-electron chi connectivity index (χ3n) is 1.16. The molecule has 0 heterocycles. The predicted molar refractivity (Wildman–Crippen MR) is 43.9 cm³/mol. The van der Waals surface area contributed by atoms with Crippen LogP contribution in [0.1, 0.15) is 13.3 Å². The summed E-state index contributed by atoms with van der Waals surface area (Å²) in [6.45, 7) is 8.38. The van der Waals surface area contributed by atoms with Crippen LogP contribution in [0.2, 0.25) is 0 Å². The molecule has 1 N–H and O–H groups in total. The van der Waals surface area contributed by atoms with Crippen LogP contribution in [0.4, 0.5) is 0 Å². The summed E-state index contributed by atoms with van der Waals surface area (Å²) >= 11 is 0. The standard InChI is InChI=1S/C8H11NO3/c1-4-6(3)8(11)9-12-7(10)5-2/h5H,2-4H2,1H3,(H,9,11). The minimum Gasteiger partial charge on any atom is -0.336 e. The van der Waals surface area contributed by atoms with Gasteiger partial charge in [0.1, 0.15) is 0 Å². The highest BCUT2D eigenvalue weighted by Crippen LogP contribution is 1.94. The molecule has 0 aromatic rings. The summed E-state index contributed by atoms with van der Waals surface area (Å²) in [4.78, 5) is 25.6. The highest BCUT2D eigenvalue weighted by molar-refractivity contribution is 5.93. The van der Waals surface area contributed by atoms with E-state index >= 15 is 0 Å². The van der Waals surface area contributed by atoms with Gasteiger partial charge in [-0.3, -0.25) is 4.79 Å². The molecule has 0 aliphatic carbocycles. The quantitative estimate of drug-likeness (QED) is 0.500. The molecule has 0 saturated heterocycles. The lowest BCUT2D eigenvalue weighted by molar-refractivity contribution is -0.152. The SMILES string of the molecule is C=CC(=O)ONC(=O)C(=C)CC. The number of carbonyl (C=O) groups excluding carboxylic acids is 2. The van der Waals surface area contributed by atoms with E-state index in [2.05, 4.69) is 18.0 Å². The first-order valence-corrected chi connectivity index (χ1v) is 3.43. The Hall–Kier alpha value is -1.58. The molecule has 12 heavy (non-hydrogen) atoms. The van der Waals surface area contributed by atoms with Crippen molar-refractivity contribution < 1.29 is 14.4 Å². The normalized spacial score (nSPS) is 8.42. The average Bonchev–Trinajstić information content (AvgIpc) is 2.11. The van der Waals surface area contributed by atoms with Gasteiger partial charge in [-0.2, -0.15) is 5.48 Å². The van der Waals surface area contributed by atoms with Crippen LogP contribution in [-0.2, 0) is 14.4 Å². The highest BCUT2D eigenvalue weighted by atomic mass is 16.7. The molecule has 0 aromatic heterocycles. The molecule has 4 nitrogen and oxygen atoms in total. The zero-order chi connectivity index (χ0) is 9.56. The first kappa shape index (κ1) is 10.4. The Morgan fingerprint density at radius 2 is 2.17 bits per heavy atom. The summed E-state index contributed by atoms with van der Waals surface area (Å²) in [6.07, 6.45) is 1.46. The maximum absolute atomic E-state index is 10.9. The molecule has 0 unspecified atom stereocenters. The Kier molecular flexibility index (Phi) is 4.45. The number of carbonyl (C=O) groups is 2. The molecule has 66 valence electrons. The van der Waals surface area contributed by atoms with Crippen molar-refractivity contribution in [3.05, 3.63) is 24.8 Å². The minimum atomic E-state index is -0.702. The van der Waals surface area contributed by atoms with Crippen molar-refractivity contribution in [1.29, 1.82) is 0 Å². The third-order valence-corrected chi connectivity index (χ3v) is 1.16. The fraction of sp³-hybridized carbons (Fsp3) is 0.250. The van der Waals surface area contributed by atoms with Crippen LogP contribution in [0, 0.1) is 0 Å². The van der Waals surface area contributed by atoms with Gasteiger partial charge in [0.25, 0.3) is 5.91 Å². The molecule has 0 fully saturated rings. The van der Waals surface area contributed by atoms with E-state index in [1.807, 2.05) is 5.48 Å². The van der Waals surface area contributed by atoms with Crippen LogP contribution < -0.4 is 5.48 Å². The summed E-state index contributed by atoms with van der Waals surface area (Å²) in [7, 11) is 0. The maximum atomic E-state index is 10.9. The van der Waals surface area contributed by atoms with Gasteiger partial charge in [0.15, 0.2) is 0 Å². The average molecular weight is 169 g/mol. The molecule has 1 amide bonds. The number of rotatable bonds is 3. The van der Waals surface area contributed by atoms with Gasteiger partial charge in [-0.1, -0.05) is 20.1 Å². The van der Waals surface area contributed by atoms with Crippen molar-refractivity contribution in [2.45, 2.75) is 13.3 Å². The zero-order valence-corrected chi connectivity index (χ0v) is 6.92. The Morgan fingerprint density at radius 3 is 2.58 bits per heavy atom. The number of hydroxylamine groups is 1. The van der Waals surface area contributed by atoms with Crippen LogP contribution in [0.5, 0.6) is 0 Å². The molecular weight excluding hydrogens is 158 g/mol. The summed E-state index contributed by atoms with van der Waals surface area (Å²) in [5, 5.41) is 0. The van der Waals surface area contributed by atoms with Gasteiger partial charge in [0, 0.05) is 11.6 Å². The molecule has 0 aliphatic heterocycles. The summed E-state index contributed by atoms with van der Waals surface area (Å²) in [6, 6.07) is 0. The minimum absolute atomic E-state index is 0.354. The van der Waals surface area contributed by atoms with Gasteiger partial charge in [0.05, 0.1) is 0 Å². The van der Waals surface area contributed by atoms with Crippen molar-refractivity contribution in [2.24, 2.45) is 0 Å².